The Balaban J connectivity index is 1.94. The van der Waals surface area contributed by atoms with E-state index in [-0.39, 0.29) is 11.6 Å². The van der Waals surface area contributed by atoms with Crippen LogP contribution in [0.1, 0.15) is 6.92 Å². The number of benzene rings is 1. The fourth-order valence-corrected chi connectivity index (χ4v) is 3.82. The molecule has 0 amide bonds. The van der Waals surface area contributed by atoms with Crippen molar-refractivity contribution in [3.05, 3.63) is 45.1 Å². The van der Waals surface area contributed by atoms with Crippen LogP contribution in [0.2, 0.25) is 0 Å². The van der Waals surface area contributed by atoms with Crippen molar-refractivity contribution in [1.29, 1.82) is 0 Å². The number of nitrogens with zero attached hydrogens (tertiary/aromatic N) is 5. The number of imidazole rings is 1. The number of rotatable bonds is 4. The average molecular weight is 413 g/mol. The number of methoxy groups -OCH3 is 2. The summed E-state index contributed by atoms with van der Waals surface area (Å²) in [5.74, 6) is 0.879. The van der Waals surface area contributed by atoms with E-state index in [1.165, 1.54) is 18.7 Å². The topological polar surface area (TPSA) is 101 Å². The van der Waals surface area contributed by atoms with E-state index in [0.29, 0.717) is 24.6 Å². The van der Waals surface area contributed by atoms with Gasteiger partial charge in [0, 0.05) is 25.8 Å². The quantitative estimate of drug-likeness (QED) is 0.585. The van der Waals surface area contributed by atoms with Crippen LogP contribution >= 0.6 is 0 Å². The summed E-state index contributed by atoms with van der Waals surface area (Å²) in [6.07, 6.45) is 0. The summed E-state index contributed by atoms with van der Waals surface area (Å²) in [7, 11) is 4.36. The maximum Gasteiger partial charge on any atom is 0.333 e. The fourth-order valence-electron chi connectivity index (χ4n) is 3.82. The van der Waals surface area contributed by atoms with Gasteiger partial charge in [-0.3, -0.25) is 14.2 Å². The zero-order valence-electron chi connectivity index (χ0n) is 17.3. The van der Waals surface area contributed by atoms with Crippen molar-refractivity contribution in [1.82, 2.24) is 18.7 Å². The van der Waals surface area contributed by atoms with E-state index in [1.807, 2.05) is 33.7 Å². The molecule has 158 valence electrons. The molecule has 10 nitrogen and oxygen atoms in total. The van der Waals surface area contributed by atoms with Gasteiger partial charge in [-0.05, 0) is 30.2 Å². The number of carbonyl (C=O) groups excluding carboxylic acids is 1. The highest BCUT2D eigenvalue weighted by molar-refractivity contribution is 5.77. The minimum atomic E-state index is -0.667. The van der Waals surface area contributed by atoms with E-state index in [9.17, 15) is 14.4 Å². The molecule has 0 saturated heterocycles. The van der Waals surface area contributed by atoms with Gasteiger partial charge in [-0.2, -0.15) is 4.98 Å². The Morgan fingerprint density at radius 3 is 2.50 bits per heavy atom. The second-order valence-corrected chi connectivity index (χ2v) is 7.42. The monoisotopic (exact) mass is 413 g/mol. The third kappa shape index (κ3) is 3.04. The van der Waals surface area contributed by atoms with E-state index >= 15 is 0 Å². The van der Waals surface area contributed by atoms with Crippen molar-refractivity contribution in [2.45, 2.75) is 20.0 Å². The molecule has 0 spiro atoms. The minimum absolute atomic E-state index is 0.225. The molecule has 4 rings (SSSR count). The van der Waals surface area contributed by atoms with Crippen LogP contribution in [-0.2, 0) is 29.7 Å². The summed E-state index contributed by atoms with van der Waals surface area (Å²) in [5, 5.41) is 0. The van der Waals surface area contributed by atoms with Crippen molar-refractivity contribution >= 4 is 28.8 Å². The van der Waals surface area contributed by atoms with Crippen molar-refractivity contribution < 1.29 is 14.3 Å². The Kier molecular flexibility index (Phi) is 4.84. The third-order valence-corrected chi connectivity index (χ3v) is 5.34. The highest BCUT2D eigenvalue weighted by atomic mass is 16.5. The number of carbonyl (C=O) groups is 1. The largest absolute Gasteiger partial charge is 0.497 e. The number of hydrogen-bond donors (Lipinski definition) is 0. The lowest BCUT2D eigenvalue weighted by molar-refractivity contribution is -0.141. The van der Waals surface area contributed by atoms with Gasteiger partial charge in [0.1, 0.15) is 12.3 Å². The molecule has 1 unspecified atom stereocenters. The molecule has 0 radical (unpaired) electrons. The van der Waals surface area contributed by atoms with Crippen LogP contribution in [0.5, 0.6) is 5.75 Å². The molecule has 0 bridgehead atoms. The van der Waals surface area contributed by atoms with Gasteiger partial charge in [-0.25, -0.2) is 9.36 Å². The van der Waals surface area contributed by atoms with Gasteiger partial charge >= 0.3 is 11.7 Å². The third-order valence-electron chi connectivity index (χ3n) is 5.34. The van der Waals surface area contributed by atoms with Crippen LogP contribution < -0.4 is 20.9 Å². The molecule has 1 atom stereocenters. The van der Waals surface area contributed by atoms with E-state index < -0.39 is 23.8 Å². The highest BCUT2D eigenvalue weighted by Crippen LogP contribution is 2.33. The molecule has 1 aliphatic heterocycles. The van der Waals surface area contributed by atoms with Crippen LogP contribution in [0.25, 0.3) is 11.2 Å². The molecule has 0 fully saturated rings. The lowest BCUT2D eigenvalue weighted by atomic mass is 10.1. The lowest BCUT2D eigenvalue weighted by Gasteiger charge is -2.33. The molecule has 3 heterocycles. The van der Waals surface area contributed by atoms with Crippen molar-refractivity contribution in [2.75, 3.05) is 25.7 Å². The number of aryl methyl sites for hydroxylation is 1. The van der Waals surface area contributed by atoms with Crippen molar-refractivity contribution in [3.63, 3.8) is 0 Å². The first-order valence-electron chi connectivity index (χ1n) is 9.54. The summed E-state index contributed by atoms with van der Waals surface area (Å²) in [5.41, 5.74) is 0.312. The molecular formula is C20H23N5O5. The Hall–Kier alpha value is -3.56. The molecule has 2 aromatic heterocycles. The van der Waals surface area contributed by atoms with Gasteiger partial charge in [0.2, 0.25) is 5.95 Å². The van der Waals surface area contributed by atoms with Crippen molar-refractivity contribution in [2.24, 2.45) is 13.0 Å². The van der Waals surface area contributed by atoms with Gasteiger partial charge in [-0.15, -0.1) is 0 Å². The summed E-state index contributed by atoms with van der Waals surface area (Å²) in [4.78, 5) is 44.2. The first-order valence-corrected chi connectivity index (χ1v) is 9.54. The first kappa shape index (κ1) is 19.7. The smallest absolute Gasteiger partial charge is 0.333 e. The van der Waals surface area contributed by atoms with E-state index in [4.69, 9.17) is 4.74 Å². The molecule has 0 aliphatic carbocycles. The average Bonchev–Trinajstić information content (AvgIpc) is 3.14. The lowest BCUT2D eigenvalue weighted by Crippen LogP contribution is -2.42. The van der Waals surface area contributed by atoms with Gasteiger partial charge in [0.25, 0.3) is 5.56 Å². The fraction of sp³-hybridized carbons (Fsp3) is 0.400. The Bertz CT molecular complexity index is 1240. The van der Waals surface area contributed by atoms with Gasteiger partial charge < -0.3 is 18.9 Å². The number of ether oxygens (including phenoxy) is 2. The molecule has 3 aromatic rings. The SMILES string of the molecule is COC(=O)Cn1c(=O)c2c(nc3n2CC(C)CN3c2ccc(OC)cc2)n(C)c1=O. The second-order valence-electron chi connectivity index (χ2n) is 7.42. The summed E-state index contributed by atoms with van der Waals surface area (Å²) < 4.78 is 13.9. The standard InChI is InChI=1S/C20H23N5O5/c1-12-9-23(13-5-7-14(29-3)8-6-13)19-21-17-16(24(19)10-12)18(27)25(11-15(26)30-4)20(28)22(17)2/h5-8,12H,9-11H2,1-4H3. The Morgan fingerprint density at radius 2 is 1.87 bits per heavy atom. The number of hydrogen-bond acceptors (Lipinski definition) is 7. The van der Waals surface area contributed by atoms with E-state index in [1.54, 1.807) is 7.11 Å². The number of aromatic nitrogens is 4. The number of fused-ring (bicyclic) bond motifs is 3. The van der Waals surface area contributed by atoms with Crippen LogP contribution in [0.15, 0.2) is 33.9 Å². The molecule has 1 aromatic carbocycles. The van der Waals surface area contributed by atoms with Crippen molar-refractivity contribution in [3.8, 4) is 5.75 Å². The zero-order valence-corrected chi connectivity index (χ0v) is 17.3. The summed E-state index contributed by atoms with van der Waals surface area (Å²) in [6.45, 7) is 2.92. The van der Waals surface area contributed by atoms with E-state index in [0.717, 1.165) is 16.0 Å². The predicted octanol–water partition coefficient (Wildman–Crippen LogP) is 0.866. The summed E-state index contributed by atoms with van der Waals surface area (Å²) in [6, 6.07) is 7.58. The Morgan fingerprint density at radius 1 is 1.17 bits per heavy atom. The maximum absolute atomic E-state index is 13.2. The summed E-state index contributed by atoms with van der Waals surface area (Å²) >= 11 is 0. The second kappa shape index (κ2) is 7.36. The molecule has 0 N–H and O–H groups in total. The number of anilines is 2. The molecule has 30 heavy (non-hydrogen) atoms. The Labute approximate surface area is 171 Å². The molecule has 10 heteroatoms. The first-order chi connectivity index (χ1) is 14.3. The van der Waals surface area contributed by atoms with Crippen LogP contribution in [0.3, 0.4) is 0 Å². The van der Waals surface area contributed by atoms with E-state index in [2.05, 4.69) is 16.6 Å². The van der Waals surface area contributed by atoms with Gasteiger partial charge in [0.15, 0.2) is 11.2 Å². The minimum Gasteiger partial charge on any atom is -0.497 e. The zero-order chi connectivity index (χ0) is 21.6. The normalized spacial score (nSPS) is 15.9. The molecular weight excluding hydrogens is 390 g/mol. The van der Waals surface area contributed by atoms with Crippen LogP contribution in [-0.4, -0.2) is 45.4 Å². The van der Waals surface area contributed by atoms with Crippen LogP contribution in [0, 0.1) is 5.92 Å². The maximum atomic E-state index is 13.2. The molecule has 1 aliphatic rings. The highest BCUT2D eigenvalue weighted by Gasteiger charge is 2.30. The van der Waals surface area contributed by atoms with Gasteiger partial charge in [-0.1, -0.05) is 6.92 Å². The number of esters is 1. The molecule has 0 saturated carbocycles. The van der Waals surface area contributed by atoms with Gasteiger partial charge in [0.05, 0.1) is 14.2 Å². The predicted molar refractivity (Wildman–Crippen MR) is 110 cm³/mol. The van der Waals surface area contributed by atoms with Crippen LogP contribution in [0.4, 0.5) is 11.6 Å².